The van der Waals surface area contributed by atoms with Crippen LogP contribution in [0.25, 0.3) is 22.1 Å². The molecule has 0 aliphatic heterocycles. The van der Waals surface area contributed by atoms with Crippen molar-refractivity contribution in [3.05, 3.63) is 84.6 Å². The van der Waals surface area contributed by atoms with E-state index in [1.165, 1.54) is 28.1 Å². The first kappa shape index (κ1) is 24.1. The van der Waals surface area contributed by atoms with Crippen molar-refractivity contribution in [2.75, 3.05) is 4.90 Å². The molecule has 0 spiro atoms. The summed E-state index contributed by atoms with van der Waals surface area (Å²) in [7, 11) is 0. The minimum atomic E-state index is 0.0288. The summed E-state index contributed by atoms with van der Waals surface area (Å²) in [6, 6.07) is 26.8. The van der Waals surface area contributed by atoms with Gasteiger partial charge >= 0.3 is 0 Å². The van der Waals surface area contributed by atoms with Gasteiger partial charge in [-0.05, 0) is 84.7 Å². The lowest BCUT2D eigenvalue weighted by molar-refractivity contribution is 0.405. The summed E-state index contributed by atoms with van der Waals surface area (Å²) in [5.74, 6) is 0. The monoisotopic (exact) mass is 453 g/mol. The molecule has 4 aromatic rings. The van der Waals surface area contributed by atoms with Crippen molar-refractivity contribution in [1.82, 2.24) is 0 Å². The van der Waals surface area contributed by atoms with Crippen LogP contribution in [0.4, 0.5) is 11.4 Å². The first-order valence-corrected chi connectivity index (χ1v) is 12.8. The van der Waals surface area contributed by atoms with E-state index in [9.17, 15) is 0 Å². The molecule has 0 N–H and O–H groups in total. The molecule has 2 heteroatoms. The summed E-state index contributed by atoms with van der Waals surface area (Å²) in [5.41, 5.74) is 7.53. The topological polar surface area (TPSA) is 16.4 Å². The fourth-order valence-corrected chi connectivity index (χ4v) is 4.97. The molecule has 0 saturated heterocycles. The Morgan fingerprint density at radius 3 is 1.91 bits per heavy atom. The predicted molar refractivity (Wildman–Crippen MR) is 147 cm³/mol. The van der Waals surface area contributed by atoms with Gasteiger partial charge in [0.15, 0.2) is 0 Å². The van der Waals surface area contributed by atoms with E-state index in [0.717, 1.165) is 36.7 Å². The van der Waals surface area contributed by atoms with Crippen LogP contribution in [0.15, 0.2) is 83.5 Å². The van der Waals surface area contributed by atoms with E-state index in [-0.39, 0.29) is 11.0 Å². The Labute approximate surface area is 205 Å². The molecule has 1 atom stereocenters. The van der Waals surface area contributed by atoms with E-state index in [0.29, 0.717) is 0 Å². The Kier molecular flexibility index (Phi) is 6.89. The van der Waals surface area contributed by atoms with Gasteiger partial charge in [0.05, 0.1) is 6.26 Å². The molecule has 0 fully saturated rings. The number of benzene rings is 3. The molecular weight excluding hydrogens is 414 g/mol. The second kappa shape index (κ2) is 9.70. The van der Waals surface area contributed by atoms with Crippen LogP contribution in [0.3, 0.4) is 0 Å². The molecule has 34 heavy (non-hydrogen) atoms. The highest BCUT2D eigenvalue weighted by atomic mass is 16.3. The third kappa shape index (κ3) is 4.64. The zero-order valence-electron chi connectivity index (χ0n) is 21.7. The quantitative estimate of drug-likeness (QED) is 0.251. The maximum absolute atomic E-state index is 5.60. The Morgan fingerprint density at radius 2 is 1.32 bits per heavy atom. The van der Waals surface area contributed by atoms with Gasteiger partial charge in [-0.1, -0.05) is 77.4 Å². The maximum Gasteiger partial charge on any atom is 0.133 e. The van der Waals surface area contributed by atoms with Gasteiger partial charge in [0.2, 0.25) is 0 Å². The highest BCUT2D eigenvalue weighted by Crippen LogP contribution is 2.40. The van der Waals surface area contributed by atoms with E-state index in [2.05, 4.69) is 113 Å². The van der Waals surface area contributed by atoms with Gasteiger partial charge < -0.3 is 9.32 Å². The first-order chi connectivity index (χ1) is 16.3. The highest BCUT2D eigenvalue weighted by molar-refractivity contribution is 5.83. The summed E-state index contributed by atoms with van der Waals surface area (Å²) in [4.78, 5) is 2.53. The van der Waals surface area contributed by atoms with Crippen molar-refractivity contribution in [2.45, 2.75) is 78.2 Å². The van der Waals surface area contributed by atoms with Crippen molar-refractivity contribution in [1.29, 1.82) is 0 Å². The lowest BCUT2D eigenvalue weighted by atomic mass is 9.82. The second-order valence-electron chi connectivity index (χ2n) is 10.4. The average molecular weight is 454 g/mol. The average Bonchev–Trinajstić information content (AvgIpc) is 3.33. The summed E-state index contributed by atoms with van der Waals surface area (Å²) in [6.07, 6.45) is 6.25. The minimum absolute atomic E-state index is 0.0288. The van der Waals surface area contributed by atoms with Gasteiger partial charge in [0.1, 0.15) is 5.58 Å². The van der Waals surface area contributed by atoms with E-state index in [1.807, 2.05) is 6.07 Å². The van der Waals surface area contributed by atoms with Crippen molar-refractivity contribution < 1.29 is 4.42 Å². The molecule has 0 amide bonds. The molecule has 0 radical (unpaired) electrons. The van der Waals surface area contributed by atoms with Crippen LogP contribution in [0.5, 0.6) is 0 Å². The van der Waals surface area contributed by atoms with Crippen molar-refractivity contribution in [3.8, 4) is 11.1 Å². The fraction of sp³-hybridized carbons (Fsp3) is 0.375. The van der Waals surface area contributed by atoms with Crippen LogP contribution in [-0.4, -0.2) is 5.54 Å². The first-order valence-electron chi connectivity index (χ1n) is 12.8. The van der Waals surface area contributed by atoms with Crippen LogP contribution in [-0.2, 0) is 5.41 Å². The molecule has 0 aliphatic rings. The summed E-state index contributed by atoms with van der Waals surface area (Å²) >= 11 is 0. The summed E-state index contributed by atoms with van der Waals surface area (Å²) < 4.78 is 5.60. The van der Waals surface area contributed by atoms with Crippen molar-refractivity contribution >= 4 is 22.3 Å². The Bertz CT molecular complexity index is 1220. The highest BCUT2D eigenvalue weighted by Gasteiger charge is 2.31. The molecule has 0 bridgehead atoms. The van der Waals surface area contributed by atoms with Gasteiger partial charge in [-0.25, -0.2) is 0 Å². The van der Waals surface area contributed by atoms with Gasteiger partial charge in [-0.2, -0.15) is 0 Å². The van der Waals surface area contributed by atoms with E-state index in [4.69, 9.17) is 4.42 Å². The molecule has 3 aromatic carbocycles. The Balaban J connectivity index is 1.71. The van der Waals surface area contributed by atoms with Gasteiger partial charge in [-0.3, -0.25) is 0 Å². The van der Waals surface area contributed by atoms with Crippen molar-refractivity contribution in [2.24, 2.45) is 0 Å². The maximum atomic E-state index is 5.60. The predicted octanol–water partition coefficient (Wildman–Crippen LogP) is 9.89. The number of nitrogens with zero attached hydrogens (tertiary/aromatic N) is 1. The largest absolute Gasteiger partial charge is 0.464 e. The smallest absolute Gasteiger partial charge is 0.133 e. The standard InChI is InChI=1S/C32H39NO/c1-7-21-32(6,9-3)33(29-18-19-30-26(23-29)20-22-34-30)28-16-12-25(13-17-28)24-10-14-27(15-11-24)31(4,5)8-2/h10-20,22-23H,7-9,21H2,1-6H3/t32-/m0/s1. The normalized spacial score (nSPS) is 13.7. The zero-order valence-corrected chi connectivity index (χ0v) is 21.7. The minimum Gasteiger partial charge on any atom is -0.464 e. The van der Waals surface area contributed by atoms with Crippen LogP contribution >= 0.6 is 0 Å². The van der Waals surface area contributed by atoms with E-state index >= 15 is 0 Å². The summed E-state index contributed by atoms with van der Waals surface area (Å²) in [6.45, 7) is 13.8. The lowest BCUT2D eigenvalue weighted by Crippen LogP contribution is -2.43. The van der Waals surface area contributed by atoms with E-state index in [1.54, 1.807) is 6.26 Å². The zero-order chi connectivity index (χ0) is 24.3. The molecule has 2 nitrogen and oxygen atoms in total. The Morgan fingerprint density at radius 1 is 0.706 bits per heavy atom. The fourth-order valence-electron chi connectivity index (χ4n) is 4.97. The molecule has 1 heterocycles. The molecule has 0 aliphatic carbocycles. The van der Waals surface area contributed by atoms with E-state index < -0.39 is 0 Å². The number of hydrogen-bond acceptors (Lipinski definition) is 2. The van der Waals surface area contributed by atoms with Crippen molar-refractivity contribution in [3.63, 3.8) is 0 Å². The number of furan rings is 1. The molecule has 1 aromatic heterocycles. The van der Waals surface area contributed by atoms with Crippen LogP contribution < -0.4 is 4.90 Å². The molecule has 4 rings (SSSR count). The lowest BCUT2D eigenvalue weighted by Gasteiger charge is -2.43. The van der Waals surface area contributed by atoms with Gasteiger partial charge in [-0.15, -0.1) is 0 Å². The number of fused-ring (bicyclic) bond motifs is 1. The molecule has 178 valence electrons. The molecular formula is C32H39NO. The number of hydrogen-bond donors (Lipinski definition) is 0. The Hall–Kier alpha value is -3.00. The van der Waals surface area contributed by atoms with Crippen LogP contribution in [0.2, 0.25) is 0 Å². The summed E-state index contributed by atoms with van der Waals surface area (Å²) in [5, 5.41) is 1.14. The SMILES string of the molecule is CCC[C@](C)(CC)N(c1ccc(-c2ccc(C(C)(C)CC)cc2)cc1)c1ccc2occc2c1. The van der Waals surface area contributed by atoms with Gasteiger partial charge in [0.25, 0.3) is 0 Å². The van der Waals surface area contributed by atoms with Crippen LogP contribution in [0.1, 0.15) is 72.8 Å². The molecule has 0 unspecified atom stereocenters. The molecule has 0 saturated carbocycles. The third-order valence-electron chi connectivity index (χ3n) is 7.79. The van der Waals surface area contributed by atoms with Gasteiger partial charge in [0, 0.05) is 22.3 Å². The second-order valence-corrected chi connectivity index (χ2v) is 10.4. The van der Waals surface area contributed by atoms with Crippen LogP contribution in [0, 0.1) is 0 Å². The third-order valence-corrected chi connectivity index (χ3v) is 7.79. The number of rotatable bonds is 9. The number of anilines is 2.